The number of hydrogen-bond acceptors (Lipinski definition) is 4. The third-order valence-corrected chi connectivity index (χ3v) is 4.86. The first kappa shape index (κ1) is 15.0. The number of rotatable bonds is 8. The molecule has 1 unspecified atom stereocenters. The van der Waals surface area contributed by atoms with Gasteiger partial charge in [-0.25, -0.2) is 0 Å². The van der Waals surface area contributed by atoms with Crippen LogP contribution in [0, 0.1) is 5.92 Å². The van der Waals surface area contributed by atoms with Crippen molar-refractivity contribution in [3.8, 4) is 0 Å². The highest BCUT2D eigenvalue weighted by atomic mass is 33.1. The summed E-state index contributed by atoms with van der Waals surface area (Å²) in [5.41, 5.74) is 0. The van der Waals surface area contributed by atoms with E-state index in [4.69, 9.17) is 4.55 Å². The molecule has 0 aromatic carbocycles. The van der Waals surface area contributed by atoms with Crippen molar-refractivity contribution in [2.45, 2.75) is 32.1 Å². The molecule has 1 aliphatic rings. The summed E-state index contributed by atoms with van der Waals surface area (Å²) in [4.78, 5) is 0. The predicted octanol–water partition coefficient (Wildman–Crippen LogP) is 2.25. The SMILES string of the molecule is O=S(=O)(O)SCCNCCCC1C=CCCC1. The predicted molar refractivity (Wildman–Crippen MR) is 72.6 cm³/mol. The first-order chi connectivity index (χ1) is 8.08. The fourth-order valence-corrected chi connectivity index (χ4v) is 3.28. The molecule has 0 aromatic rings. The third kappa shape index (κ3) is 8.65. The lowest BCUT2D eigenvalue weighted by atomic mass is 9.92. The van der Waals surface area contributed by atoms with E-state index in [9.17, 15) is 8.42 Å². The Morgan fingerprint density at radius 3 is 2.88 bits per heavy atom. The van der Waals surface area contributed by atoms with Crippen molar-refractivity contribution < 1.29 is 13.0 Å². The first-order valence-corrected chi connectivity index (χ1v) is 9.01. The van der Waals surface area contributed by atoms with Gasteiger partial charge in [-0.2, -0.15) is 8.42 Å². The van der Waals surface area contributed by atoms with Crippen LogP contribution in [0.4, 0.5) is 0 Å². The Morgan fingerprint density at radius 2 is 2.24 bits per heavy atom. The van der Waals surface area contributed by atoms with E-state index in [1.807, 2.05) is 0 Å². The summed E-state index contributed by atoms with van der Waals surface area (Å²) >= 11 is 0. The molecule has 0 amide bonds. The Morgan fingerprint density at radius 1 is 1.41 bits per heavy atom. The second-order valence-electron chi connectivity index (χ2n) is 4.26. The van der Waals surface area contributed by atoms with E-state index < -0.39 is 9.15 Å². The van der Waals surface area contributed by atoms with Gasteiger partial charge in [0.2, 0.25) is 0 Å². The smallest absolute Gasteiger partial charge is 0.316 e. The molecule has 17 heavy (non-hydrogen) atoms. The topological polar surface area (TPSA) is 66.4 Å². The van der Waals surface area contributed by atoms with Gasteiger partial charge >= 0.3 is 9.15 Å². The zero-order valence-electron chi connectivity index (χ0n) is 9.97. The second kappa shape index (κ2) is 8.13. The van der Waals surface area contributed by atoms with Gasteiger partial charge in [-0.15, -0.1) is 0 Å². The Kier molecular flexibility index (Phi) is 7.18. The molecule has 1 rings (SSSR count). The van der Waals surface area contributed by atoms with Gasteiger partial charge in [0.05, 0.1) is 0 Å². The Labute approximate surface area is 107 Å². The average Bonchev–Trinajstić information content (AvgIpc) is 2.28. The van der Waals surface area contributed by atoms with Gasteiger partial charge in [0, 0.05) is 12.3 Å². The molecule has 4 nitrogen and oxygen atoms in total. The van der Waals surface area contributed by atoms with E-state index in [0.29, 0.717) is 23.1 Å². The maximum atomic E-state index is 10.4. The normalized spacial score (nSPS) is 20.6. The molecular formula is C11H21NO3S2. The fourth-order valence-electron chi connectivity index (χ4n) is 1.96. The molecule has 1 aliphatic carbocycles. The van der Waals surface area contributed by atoms with Gasteiger partial charge in [-0.05, 0) is 55.4 Å². The van der Waals surface area contributed by atoms with E-state index in [2.05, 4.69) is 17.5 Å². The lowest BCUT2D eigenvalue weighted by Crippen LogP contribution is -2.19. The van der Waals surface area contributed by atoms with Gasteiger partial charge < -0.3 is 5.32 Å². The molecular weight excluding hydrogens is 258 g/mol. The van der Waals surface area contributed by atoms with Crippen LogP contribution in [0.5, 0.6) is 0 Å². The van der Waals surface area contributed by atoms with Crippen LogP contribution in [0.2, 0.25) is 0 Å². The second-order valence-corrected chi connectivity index (χ2v) is 7.73. The van der Waals surface area contributed by atoms with Crippen molar-refractivity contribution in [1.82, 2.24) is 5.32 Å². The molecule has 0 heterocycles. The van der Waals surface area contributed by atoms with Crippen LogP contribution >= 0.6 is 10.8 Å². The summed E-state index contributed by atoms with van der Waals surface area (Å²) in [7, 11) is -3.29. The maximum absolute atomic E-state index is 10.4. The molecule has 0 spiro atoms. The van der Waals surface area contributed by atoms with Crippen molar-refractivity contribution in [1.29, 1.82) is 0 Å². The molecule has 0 fully saturated rings. The van der Waals surface area contributed by atoms with Crippen LogP contribution in [0.15, 0.2) is 12.2 Å². The first-order valence-electron chi connectivity index (χ1n) is 6.07. The molecule has 6 heteroatoms. The Bertz CT molecular complexity index is 328. The van der Waals surface area contributed by atoms with Crippen molar-refractivity contribution in [2.24, 2.45) is 5.92 Å². The highest BCUT2D eigenvalue weighted by Crippen LogP contribution is 2.20. The molecule has 0 saturated carbocycles. The summed E-state index contributed by atoms with van der Waals surface area (Å²) in [6.07, 6.45) is 10.7. The lowest BCUT2D eigenvalue weighted by molar-refractivity contribution is 0.479. The minimum Gasteiger partial charge on any atom is -0.316 e. The standard InChI is InChI=1S/C11H21NO3S2/c13-17(14,15)16-10-9-12-8-4-7-11-5-2-1-3-6-11/h2,5,11-12H,1,3-4,6-10H2,(H,13,14,15). The molecule has 2 N–H and O–H groups in total. The minimum absolute atomic E-state index is 0.391. The van der Waals surface area contributed by atoms with E-state index in [1.165, 1.54) is 25.7 Å². The van der Waals surface area contributed by atoms with Gasteiger partial charge in [-0.3, -0.25) is 4.55 Å². The summed E-state index contributed by atoms with van der Waals surface area (Å²) in [5.74, 6) is 1.13. The minimum atomic E-state index is -3.87. The van der Waals surface area contributed by atoms with E-state index >= 15 is 0 Å². The van der Waals surface area contributed by atoms with E-state index in [0.717, 1.165) is 18.9 Å². The van der Waals surface area contributed by atoms with Crippen molar-refractivity contribution in [2.75, 3.05) is 18.8 Å². The van der Waals surface area contributed by atoms with E-state index in [-0.39, 0.29) is 0 Å². The number of hydrogen-bond donors (Lipinski definition) is 2. The molecule has 1 atom stereocenters. The molecule has 0 aliphatic heterocycles. The van der Waals surface area contributed by atoms with Crippen LogP contribution in [0.3, 0.4) is 0 Å². The monoisotopic (exact) mass is 279 g/mol. The Balaban J connectivity index is 1.91. The van der Waals surface area contributed by atoms with Gasteiger partial charge in [-0.1, -0.05) is 12.2 Å². The Hall–Kier alpha value is -0.0400. The highest BCUT2D eigenvalue weighted by molar-refractivity contribution is 8.69. The molecule has 0 bridgehead atoms. The van der Waals surface area contributed by atoms with Crippen LogP contribution < -0.4 is 5.32 Å². The zero-order valence-corrected chi connectivity index (χ0v) is 11.6. The molecule has 0 saturated heterocycles. The molecule has 0 radical (unpaired) electrons. The number of nitrogens with one attached hydrogen (secondary N) is 1. The summed E-state index contributed by atoms with van der Waals surface area (Å²) in [6.45, 7) is 1.53. The summed E-state index contributed by atoms with van der Waals surface area (Å²) in [6, 6.07) is 0. The van der Waals surface area contributed by atoms with Crippen LogP contribution in [-0.2, 0) is 9.15 Å². The van der Waals surface area contributed by atoms with E-state index in [1.54, 1.807) is 0 Å². The van der Waals surface area contributed by atoms with Gasteiger partial charge in [0.1, 0.15) is 0 Å². The summed E-state index contributed by atoms with van der Waals surface area (Å²) < 4.78 is 29.3. The fraction of sp³-hybridized carbons (Fsp3) is 0.818. The van der Waals surface area contributed by atoms with Gasteiger partial charge in [0.25, 0.3) is 0 Å². The number of allylic oxidation sites excluding steroid dienone is 2. The van der Waals surface area contributed by atoms with Gasteiger partial charge in [0.15, 0.2) is 0 Å². The quantitative estimate of drug-likeness (QED) is 0.309. The summed E-state index contributed by atoms with van der Waals surface area (Å²) in [5, 5.41) is 3.18. The third-order valence-electron chi connectivity index (χ3n) is 2.79. The van der Waals surface area contributed by atoms with Crippen molar-refractivity contribution >= 4 is 19.9 Å². The van der Waals surface area contributed by atoms with Crippen molar-refractivity contribution in [3.05, 3.63) is 12.2 Å². The largest absolute Gasteiger partial charge is 0.319 e. The maximum Gasteiger partial charge on any atom is 0.319 e. The highest BCUT2D eigenvalue weighted by Gasteiger charge is 2.07. The van der Waals surface area contributed by atoms with Crippen molar-refractivity contribution in [3.63, 3.8) is 0 Å². The zero-order chi connectivity index (χ0) is 12.6. The van der Waals surface area contributed by atoms with Crippen LogP contribution in [0.1, 0.15) is 32.1 Å². The van der Waals surface area contributed by atoms with Crippen LogP contribution in [0.25, 0.3) is 0 Å². The lowest BCUT2D eigenvalue weighted by Gasteiger charge is -2.15. The van der Waals surface area contributed by atoms with Crippen LogP contribution in [-0.4, -0.2) is 31.8 Å². The average molecular weight is 279 g/mol. The molecule has 100 valence electrons. The molecule has 0 aromatic heterocycles.